The minimum atomic E-state index is -0.631. The number of carbonyl (C=O) groups is 1. The summed E-state index contributed by atoms with van der Waals surface area (Å²) in [5.74, 6) is -0.0586. The molecule has 9 heteroatoms. The number of nitrogens with one attached hydrogen (secondary N) is 2. The van der Waals surface area contributed by atoms with Gasteiger partial charge in [-0.15, -0.1) is 0 Å². The maximum Gasteiger partial charge on any atom is 0.311 e. The summed E-state index contributed by atoms with van der Waals surface area (Å²) >= 11 is 0. The Morgan fingerprint density at radius 2 is 1.69 bits per heavy atom. The molecule has 3 aromatic carbocycles. The smallest absolute Gasteiger partial charge is 0.311 e. The zero-order valence-electron chi connectivity index (χ0n) is 19.7. The Balaban J connectivity index is 1.61. The van der Waals surface area contributed by atoms with Gasteiger partial charge in [0, 0.05) is 24.1 Å². The molecule has 1 aliphatic carbocycles. The molecule has 0 aromatic heterocycles. The van der Waals surface area contributed by atoms with Crippen molar-refractivity contribution in [2.75, 3.05) is 24.9 Å². The van der Waals surface area contributed by atoms with E-state index in [2.05, 4.69) is 10.6 Å². The van der Waals surface area contributed by atoms with Gasteiger partial charge in [0.05, 0.1) is 42.5 Å². The number of methoxy groups -OCH3 is 2. The first-order chi connectivity index (χ1) is 17.4. The Morgan fingerprint density at radius 1 is 0.972 bits per heavy atom. The number of phenols is 1. The monoisotopic (exact) mass is 487 g/mol. The van der Waals surface area contributed by atoms with E-state index in [0.29, 0.717) is 22.8 Å². The fourth-order valence-electron chi connectivity index (χ4n) is 4.96. The number of nitro groups is 1. The van der Waals surface area contributed by atoms with E-state index in [0.717, 1.165) is 16.9 Å². The van der Waals surface area contributed by atoms with Crippen LogP contribution in [0.4, 0.5) is 17.1 Å². The molecule has 3 atom stereocenters. The van der Waals surface area contributed by atoms with Crippen molar-refractivity contribution < 1.29 is 24.3 Å². The number of anilines is 2. The standard InChI is InChI=1S/C27H25N3O6/c1-35-24-10-8-15(14-25(24)36-2)17-11-20-26(23(32)13-17)27(29-19-6-4-3-5-18(19)28-20)16-7-9-22(31)21(12-16)30(33)34/h3-12,14,17,26-29,31H,13H2,1-2H3. The van der Waals surface area contributed by atoms with Gasteiger partial charge in [-0.2, -0.15) is 0 Å². The first kappa shape index (κ1) is 23.2. The second-order valence-electron chi connectivity index (χ2n) is 8.79. The van der Waals surface area contributed by atoms with Gasteiger partial charge in [0.2, 0.25) is 0 Å². The second kappa shape index (κ2) is 9.26. The van der Waals surface area contributed by atoms with Crippen LogP contribution in [0.1, 0.15) is 29.5 Å². The van der Waals surface area contributed by atoms with E-state index in [1.54, 1.807) is 20.3 Å². The van der Waals surface area contributed by atoms with E-state index in [4.69, 9.17) is 9.47 Å². The summed E-state index contributed by atoms with van der Waals surface area (Å²) in [5, 5.41) is 28.3. The van der Waals surface area contributed by atoms with Crippen LogP contribution in [0.3, 0.4) is 0 Å². The van der Waals surface area contributed by atoms with Crippen molar-refractivity contribution in [3.63, 3.8) is 0 Å². The SMILES string of the molecule is COc1ccc(C2C=C3Nc4ccccc4NC(c4ccc(O)c([N+](=O)[O-])c4)C3C(=O)C2)cc1OC. The van der Waals surface area contributed by atoms with Gasteiger partial charge in [0.1, 0.15) is 5.78 Å². The van der Waals surface area contributed by atoms with E-state index in [-0.39, 0.29) is 18.1 Å². The highest BCUT2D eigenvalue weighted by atomic mass is 16.6. The van der Waals surface area contributed by atoms with Crippen LogP contribution < -0.4 is 20.1 Å². The summed E-state index contributed by atoms with van der Waals surface area (Å²) in [6.07, 6.45) is 2.29. The molecule has 0 amide bonds. The molecule has 1 heterocycles. The van der Waals surface area contributed by atoms with Gasteiger partial charge in [0.15, 0.2) is 17.2 Å². The van der Waals surface area contributed by atoms with Crippen molar-refractivity contribution in [1.29, 1.82) is 0 Å². The summed E-state index contributed by atoms with van der Waals surface area (Å²) in [6.45, 7) is 0. The Hall–Kier alpha value is -4.53. The molecule has 3 unspecified atom stereocenters. The lowest BCUT2D eigenvalue weighted by Gasteiger charge is -2.32. The maximum absolute atomic E-state index is 13.7. The summed E-state index contributed by atoms with van der Waals surface area (Å²) < 4.78 is 10.8. The van der Waals surface area contributed by atoms with Crippen LogP contribution in [0.15, 0.2) is 72.4 Å². The molecular formula is C27H25N3O6. The van der Waals surface area contributed by atoms with Gasteiger partial charge in [-0.05, 0) is 41.5 Å². The highest BCUT2D eigenvalue weighted by molar-refractivity contribution is 5.90. The lowest BCUT2D eigenvalue weighted by molar-refractivity contribution is -0.385. The first-order valence-electron chi connectivity index (χ1n) is 11.5. The highest BCUT2D eigenvalue weighted by Crippen LogP contribution is 2.46. The summed E-state index contributed by atoms with van der Waals surface area (Å²) in [6, 6.07) is 16.8. The van der Waals surface area contributed by atoms with Crippen LogP contribution in [0.5, 0.6) is 17.2 Å². The lowest BCUT2D eigenvalue weighted by Crippen LogP contribution is -2.33. The van der Waals surface area contributed by atoms with Crippen LogP contribution in [-0.2, 0) is 4.79 Å². The average Bonchev–Trinajstić information content (AvgIpc) is 3.05. The van der Waals surface area contributed by atoms with E-state index < -0.39 is 28.3 Å². The van der Waals surface area contributed by atoms with Crippen LogP contribution in [-0.4, -0.2) is 30.0 Å². The number of allylic oxidation sites excluding steroid dienone is 1. The first-order valence-corrected chi connectivity index (χ1v) is 11.5. The van der Waals surface area contributed by atoms with E-state index in [1.807, 2.05) is 48.5 Å². The molecule has 5 rings (SSSR count). The molecule has 0 saturated heterocycles. The van der Waals surface area contributed by atoms with E-state index in [9.17, 15) is 20.0 Å². The van der Waals surface area contributed by atoms with E-state index in [1.165, 1.54) is 12.1 Å². The zero-order valence-corrected chi connectivity index (χ0v) is 19.7. The number of aromatic hydroxyl groups is 1. The Morgan fingerprint density at radius 3 is 2.42 bits per heavy atom. The van der Waals surface area contributed by atoms with Gasteiger partial charge in [-0.25, -0.2) is 0 Å². The Labute approximate surface area is 207 Å². The van der Waals surface area contributed by atoms with Crippen molar-refractivity contribution in [1.82, 2.24) is 0 Å². The summed E-state index contributed by atoms with van der Waals surface area (Å²) in [4.78, 5) is 24.6. The molecule has 0 radical (unpaired) electrons. The quantitative estimate of drug-likeness (QED) is 0.333. The van der Waals surface area contributed by atoms with Gasteiger partial charge in [-0.3, -0.25) is 14.9 Å². The number of nitrogens with zero attached hydrogens (tertiary/aromatic N) is 1. The molecule has 3 aromatic rings. The summed E-state index contributed by atoms with van der Waals surface area (Å²) in [7, 11) is 3.14. The molecule has 1 aliphatic heterocycles. The van der Waals surface area contributed by atoms with Crippen molar-refractivity contribution in [3.05, 3.63) is 93.7 Å². The molecule has 2 aliphatic rings. The lowest BCUT2D eigenvalue weighted by atomic mass is 9.76. The third-order valence-corrected chi connectivity index (χ3v) is 6.73. The molecule has 9 nitrogen and oxygen atoms in total. The number of benzene rings is 3. The predicted molar refractivity (Wildman–Crippen MR) is 135 cm³/mol. The number of fused-ring (bicyclic) bond motifs is 2. The summed E-state index contributed by atoms with van der Waals surface area (Å²) in [5.41, 5.74) is 3.32. The van der Waals surface area contributed by atoms with Crippen LogP contribution >= 0.6 is 0 Å². The number of carbonyl (C=O) groups excluding carboxylic acids is 1. The molecule has 0 fully saturated rings. The third kappa shape index (κ3) is 4.08. The number of ether oxygens (including phenoxy) is 2. The molecule has 0 saturated carbocycles. The minimum absolute atomic E-state index is 0.0131. The molecule has 36 heavy (non-hydrogen) atoms. The number of hydrogen-bond acceptors (Lipinski definition) is 8. The number of Topliss-reactive ketones (excluding diaryl/α,β-unsaturated/α-hetero) is 1. The number of ketones is 1. The minimum Gasteiger partial charge on any atom is -0.502 e. The fourth-order valence-corrected chi connectivity index (χ4v) is 4.96. The van der Waals surface area contributed by atoms with Gasteiger partial charge in [-0.1, -0.05) is 30.3 Å². The molecule has 3 N–H and O–H groups in total. The molecule has 0 bridgehead atoms. The van der Waals surface area contributed by atoms with Crippen molar-refractivity contribution in [3.8, 4) is 17.2 Å². The topological polar surface area (TPSA) is 123 Å². The number of phenolic OH excluding ortho intramolecular Hbond substituents is 1. The average molecular weight is 488 g/mol. The van der Waals surface area contributed by atoms with Crippen molar-refractivity contribution in [2.45, 2.75) is 18.4 Å². The van der Waals surface area contributed by atoms with E-state index >= 15 is 0 Å². The fraction of sp³-hybridized carbons (Fsp3) is 0.222. The Kier molecular flexibility index (Phi) is 5.97. The van der Waals surface area contributed by atoms with Gasteiger partial charge < -0.3 is 25.2 Å². The van der Waals surface area contributed by atoms with Gasteiger partial charge >= 0.3 is 5.69 Å². The van der Waals surface area contributed by atoms with Crippen LogP contribution in [0, 0.1) is 16.0 Å². The third-order valence-electron chi connectivity index (χ3n) is 6.73. The predicted octanol–water partition coefficient (Wildman–Crippen LogP) is 5.15. The van der Waals surface area contributed by atoms with Gasteiger partial charge in [0.25, 0.3) is 0 Å². The Bertz CT molecular complexity index is 1390. The number of rotatable bonds is 5. The van der Waals surface area contributed by atoms with Crippen molar-refractivity contribution in [2.24, 2.45) is 5.92 Å². The molecule has 184 valence electrons. The van der Waals surface area contributed by atoms with Crippen molar-refractivity contribution >= 4 is 22.8 Å². The number of para-hydroxylation sites is 2. The number of nitro benzene ring substituents is 1. The zero-order chi connectivity index (χ0) is 25.4. The van der Waals surface area contributed by atoms with Crippen LogP contribution in [0.25, 0.3) is 0 Å². The largest absolute Gasteiger partial charge is 0.502 e. The normalized spacial score (nSPS) is 20.6. The molecule has 0 spiro atoms. The highest BCUT2D eigenvalue weighted by Gasteiger charge is 2.40. The maximum atomic E-state index is 13.7. The second-order valence-corrected chi connectivity index (χ2v) is 8.79. The van der Waals surface area contributed by atoms with Crippen LogP contribution in [0.2, 0.25) is 0 Å². The number of hydrogen-bond donors (Lipinski definition) is 3. The molecular weight excluding hydrogens is 462 g/mol.